The number of rotatable bonds is 6. The summed E-state index contributed by atoms with van der Waals surface area (Å²) < 4.78 is 29.9. The highest BCUT2D eigenvalue weighted by Crippen LogP contribution is 2.39. The topological polar surface area (TPSA) is 87.5 Å². The minimum Gasteiger partial charge on any atom is -0.393 e. The van der Waals surface area contributed by atoms with Crippen LogP contribution < -0.4 is 5.32 Å². The van der Waals surface area contributed by atoms with Gasteiger partial charge in [-0.1, -0.05) is 30.3 Å². The predicted octanol–water partition coefficient (Wildman–Crippen LogP) is 3.13. The molecule has 0 radical (unpaired) electrons. The molecule has 2 heterocycles. The molecule has 0 spiro atoms. The largest absolute Gasteiger partial charge is 0.393 e. The summed E-state index contributed by atoms with van der Waals surface area (Å²) in [7, 11) is -3.60. The summed E-state index contributed by atoms with van der Waals surface area (Å²) in [6, 6.07) is 15.8. The molecule has 3 aromatic rings. The van der Waals surface area contributed by atoms with Gasteiger partial charge in [0.05, 0.1) is 22.6 Å². The Hall–Kier alpha value is -2.42. The number of aromatic nitrogens is 2. The third kappa shape index (κ3) is 3.71. The lowest BCUT2D eigenvalue weighted by Gasteiger charge is -2.28. The van der Waals surface area contributed by atoms with Gasteiger partial charge in [-0.2, -0.15) is 9.40 Å². The number of hydrogen-bond donors (Lipinski definition) is 2. The normalized spacial score (nSPS) is 18.7. The molecule has 30 heavy (non-hydrogen) atoms. The van der Waals surface area contributed by atoms with Crippen molar-refractivity contribution in [2.45, 2.75) is 49.3 Å². The molecule has 5 rings (SSSR count). The Bertz CT molecular complexity index is 1150. The van der Waals surface area contributed by atoms with Crippen LogP contribution in [-0.2, 0) is 16.6 Å². The number of hydrogen-bond acceptors (Lipinski definition) is 5. The molecule has 0 atom stereocenters. The first-order valence-electron chi connectivity index (χ1n) is 10.5. The quantitative estimate of drug-likeness (QED) is 0.632. The van der Waals surface area contributed by atoms with E-state index in [2.05, 4.69) is 5.32 Å². The van der Waals surface area contributed by atoms with Crippen molar-refractivity contribution in [1.82, 2.24) is 14.1 Å². The average molecular weight is 427 g/mol. The molecule has 2 aromatic carbocycles. The molecule has 1 aliphatic carbocycles. The van der Waals surface area contributed by atoms with E-state index in [0.29, 0.717) is 44.3 Å². The van der Waals surface area contributed by atoms with Crippen molar-refractivity contribution in [3.05, 3.63) is 54.1 Å². The van der Waals surface area contributed by atoms with Crippen LogP contribution in [0.2, 0.25) is 0 Å². The second-order valence-electron chi connectivity index (χ2n) is 8.18. The van der Waals surface area contributed by atoms with E-state index in [1.807, 2.05) is 41.1 Å². The highest BCUT2D eigenvalue weighted by Gasteiger charge is 2.31. The van der Waals surface area contributed by atoms with Crippen molar-refractivity contribution in [1.29, 1.82) is 0 Å². The molecule has 2 aliphatic rings. The summed E-state index contributed by atoms with van der Waals surface area (Å²) in [6.45, 7) is 1.32. The Morgan fingerprint density at radius 2 is 1.77 bits per heavy atom. The Balaban J connectivity index is 1.49. The van der Waals surface area contributed by atoms with Crippen molar-refractivity contribution in [2.24, 2.45) is 0 Å². The first kappa shape index (κ1) is 19.5. The molecule has 2 N–H and O–H groups in total. The maximum Gasteiger partial charge on any atom is 0.243 e. The van der Waals surface area contributed by atoms with Crippen LogP contribution in [0.4, 0.5) is 5.82 Å². The van der Waals surface area contributed by atoms with Crippen LogP contribution in [0.15, 0.2) is 53.4 Å². The lowest BCUT2D eigenvalue weighted by atomic mass is 10.1. The van der Waals surface area contributed by atoms with Crippen LogP contribution in [0.1, 0.15) is 37.3 Å². The summed E-state index contributed by atoms with van der Waals surface area (Å²) in [5.74, 6) is 0.715. The fraction of sp³-hybridized carbons (Fsp3) is 0.409. The highest BCUT2D eigenvalue weighted by atomic mass is 32.2. The van der Waals surface area contributed by atoms with Crippen molar-refractivity contribution < 1.29 is 13.5 Å². The van der Waals surface area contributed by atoms with Gasteiger partial charge < -0.3 is 10.4 Å². The number of nitrogens with zero attached hydrogens (tertiary/aromatic N) is 3. The zero-order valence-electron chi connectivity index (χ0n) is 16.7. The number of aliphatic hydroxyl groups excluding tert-OH is 1. The molecule has 0 bridgehead atoms. The zero-order chi connectivity index (χ0) is 20.7. The number of piperidine rings is 1. The fourth-order valence-corrected chi connectivity index (χ4v) is 5.52. The van der Waals surface area contributed by atoms with Gasteiger partial charge in [0.2, 0.25) is 10.0 Å². The van der Waals surface area contributed by atoms with E-state index in [-0.39, 0.29) is 4.90 Å². The third-order valence-corrected chi connectivity index (χ3v) is 7.83. The maximum absolute atomic E-state index is 13.2. The summed E-state index contributed by atoms with van der Waals surface area (Å²) in [6.07, 6.45) is 2.75. The molecule has 0 unspecified atom stereocenters. The zero-order valence-corrected chi connectivity index (χ0v) is 17.6. The van der Waals surface area contributed by atoms with E-state index < -0.39 is 16.1 Å². The smallest absolute Gasteiger partial charge is 0.243 e. The van der Waals surface area contributed by atoms with Crippen LogP contribution >= 0.6 is 0 Å². The van der Waals surface area contributed by atoms with Crippen LogP contribution in [-0.4, -0.2) is 46.8 Å². The van der Waals surface area contributed by atoms with Gasteiger partial charge >= 0.3 is 0 Å². The molecule has 158 valence electrons. The molecule has 1 saturated carbocycles. The van der Waals surface area contributed by atoms with Gasteiger partial charge in [0.25, 0.3) is 0 Å². The van der Waals surface area contributed by atoms with Gasteiger partial charge in [-0.05, 0) is 49.4 Å². The predicted molar refractivity (Wildman–Crippen MR) is 116 cm³/mol. The first-order chi connectivity index (χ1) is 14.5. The summed E-state index contributed by atoms with van der Waals surface area (Å²) in [5.41, 5.74) is 2.10. The molecule has 7 nitrogen and oxygen atoms in total. The average Bonchev–Trinajstić information content (AvgIpc) is 3.54. The van der Waals surface area contributed by atoms with E-state index in [9.17, 15) is 13.5 Å². The summed E-state index contributed by atoms with van der Waals surface area (Å²) in [4.78, 5) is 0.282. The minimum atomic E-state index is -3.60. The number of benzene rings is 2. The molecule has 0 amide bonds. The molecule has 1 saturated heterocycles. The second kappa shape index (κ2) is 7.68. The second-order valence-corrected chi connectivity index (χ2v) is 10.1. The maximum atomic E-state index is 13.2. The van der Waals surface area contributed by atoms with Crippen molar-refractivity contribution in [3.63, 3.8) is 0 Å². The van der Waals surface area contributed by atoms with Gasteiger partial charge in [-0.15, -0.1) is 0 Å². The van der Waals surface area contributed by atoms with E-state index >= 15 is 0 Å². The van der Waals surface area contributed by atoms with Crippen molar-refractivity contribution in [2.75, 3.05) is 18.4 Å². The van der Waals surface area contributed by atoms with Crippen molar-refractivity contribution >= 4 is 26.7 Å². The monoisotopic (exact) mass is 426 g/mol. The van der Waals surface area contributed by atoms with E-state index in [0.717, 1.165) is 29.3 Å². The van der Waals surface area contributed by atoms with Gasteiger partial charge in [-0.25, -0.2) is 8.42 Å². The minimum absolute atomic E-state index is 0.282. The van der Waals surface area contributed by atoms with Gasteiger partial charge in [0.1, 0.15) is 0 Å². The Morgan fingerprint density at radius 3 is 2.47 bits per heavy atom. The fourth-order valence-electron chi connectivity index (χ4n) is 4.02. The Labute approximate surface area is 176 Å². The Kier molecular flexibility index (Phi) is 5.00. The number of sulfonamides is 1. The lowest BCUT2D eigenvalue weighted by molar-refractivity contribution is 0.113. The van der Waals surface area contributed by atoms with Crippen LogP contribution in [0.5, 0.6) is 0 Å². The van der Waals surface area contributed by atoms with E-state index in [1.165, 1.54) is 4.31 Å². The molecular weight excluding hydrogens is 400 g/mol. The molecule has 1 aromatic heterocycles. The molecule has 8 heteroatoms. The SMILES string of the molecule is O=S(=O)(c1ccc2c(c1)c(NCc1ccccc1)nn2C1CC1)N1CCC(O)CC1. The highest BCUT2D eigenvalue weighted by molar-refractivity contribution is 7.89. The van der Waals surface area contributed by atoms with Crippen LogP contribution in [0.25, 0.3) is 10.9 Å². The van der Waals surface area contributed by atoms with Gasteiger partial charge in [0, 0.05) is 25.0 Å². The summed E-state index contributed by atoms with van der Waals surface area (Å²) >= 11 is 0. The van der Waals surface area contributed by atoms with E-state index in [1.54, 1.807) is 12.1 Å². The molecule has 1 aliphatic heterocycles. The van der Waals surface area contributed by atoms with Crippen LogP contribution in [0, 0.1) is 0 Å². The first-order valence-corrected chi connectivity index (χ1v) is 11.9. The number of nitrogens with one attached hydrogen (secondary N) is 1. The van der Waals surface area contributed by atoms with E-state index in [4.69, 9.17) is 5.10 Å². The van der Waals surface area contributed by atoms with Gasteiger partial charge in [0.15, 0.2) is 5.82 Å². The standard InChI is InChI=1S/C22H26N4O3S/c27-18-10-12-25(13-11-18)30(28,29)19-8-9-21-20(14-19)22(24-26(21)17-6-7-17)23-15-16-4-2-1-3-5-16/h1-5,8-9,14,17-18,27H,6-7,10-13,15H2,(H,23,24). The van der Waals surface area contributed by atoms with Crippen molar-refractivity contribution in [3.8, 4) is 0 Å². The van der Waals surface area contributed by atoms with Crippen LogP contribution in [0.3, 0.4) is 0 Å². The molecular formula is C22H26N4O3S. The lowest BCUT2D eigenvalue weighted by Crippen LogP contribution is -2.39. The number of fused-ring (bicyclic) bond motifs is 1. The number of aliphatic hydroxyl groups is 1. The molecule has 2 fully saturated rings. The summed E-state index contributed by atoms with van der Waals surface area (Å²) in [5, 5.41) is 18.7. The third-order valence-electron chi connectivity index (χ3n) is 5.93. The van der Waals surface area contributed by atoms with Gasteiger partial charge in [-0.3, -0.25) is 4.68 Å². The Morgan fingerprint density at radius 1 is 1.03 bits per heavy atom. The number of anilines is 1.